The quantitative estimate of drug-likeness (QED) is 0.692. The van der Waals surface area contributed by atoms with E-state index in [2.05, 4.69) is 15.5 Å². The van der Waals surface area contributed by atoms with Crippen LogP contribution in [0.3, 0.4) is 0 Å². The zero-order valence-corrected chi connectivity index (χ0v) is 16.1. The van der Waals surface area contributed by atoms with Crippen LogP contribution in [0, 0.1) is 11.8 Å². The van der Waals surface area contributed by atoms with Crippen LogP contribution in [0.4, 0.5) is 10.5 Å². The second-order valence-electron chi connectivity index (χ2n) is 6.75. The molecule has 1 aromatic carbocycles. The molecular formula is C20H25N3O5. The Kier molecular flexibility index (Phi) is 6.28. The van der Waals surface area contributed by atoms with Gasteiger partial charge in [0, 0.05) is 17.9 Å². The van der Waals surface area contributed by atoms with E-state index >= 15 is 0 Å². The SMILES string of the molecule is CCOc1ccc(OCC)c(NC(=O)N=NC2=C(O)C3CCCCC3C2=O)c1. The van der Waals surface area contributed by atoms with Crippen molar-refractivity contribution < 1.29 is 24.2 Å². The molecule has 0 saturated heterocycles. The summed E-state index contributed by atoms with van der Waals surface area (Å²) in [6, 6.07) is 4.31. The number of aliphatic hydroxyl groups is 1. The summed E-state index contributed by atoms with van der Waals surface area (Å²) in [5, 5.41) is 20.2. The number of carbonyl (C=O) groups excluding carboxylic acids is 2. The first-order valence-corrected chi connectivity index (χ1v) is 9.64. The molecule has 2 atom stereocenters. The van der Waals surface area contributed by atoms with E-state index in [1.165, 1.54) is 0 Å². The third-order valence-electron chi connectivity index (χ3n) is 4.97. The number of fused-ring (bicyclic) bond motifs is 1. The first-order chi connectivity index (χ1) is 13.5. The molecule has 3 rings (SSSR count). The zero-order valence-electron chi connectivity index (χ0n) is 16.1. The number of ether oxygens (including phenoxy) is 2. The third-order valence-corrected chi connectivity index (χ3v) is 4.97. The van der Waals surface area contributed by atoms with E-state index in [1.54, 1.807) is 18.2 Å². The number of anilines is 1. The van der Waals surface area contributed by atoms with E-state index in [9.17, 15) is 14.7 Å². The van der Waals surface area contributed by atoms with Crippen molar-refractivity contribution in [3.63, 3.8) is 0 Å². The molecule has 0 aromatic heterocycles. The van der Waals surface area contributed by atoms with Gasteiger partial charge in [0.1, 0.15) is 17.3 Å². The highest BCUT2D eigenvalue weighted by Crippen LogP contribution is 2.43. The van der Waals surface area contributed by atoms with Gasteiger partial charge in [0.05, 0.1) is 18.9 Å². The van der Waals surface area contributed by atoms with Gasteiger partial charge >= 0.3 is 6.03 Å². The monoisotopic (exact) mass is 387 g/mol. The summed E-state index contributed by atoms with van der Waals surface area (Å²) in [6.07, 6.45) is 3.43. The number of urea groups is 1. The maximum Gasteiger partial charge on any atom is 0.364 e. The standard InChI is InChI=1S/C20H25N3O5/c1-3-27-12-9-10-16(28-4-2)15(11-12)21-20(26)23-22-17-18(24)13-7-5-6-8-14(13)19(17)25/h9-11,13-14,24H,3-8H2,1-2H3,(H,21,26). The smallest absolute Gasteiger partial charge is 0.364 e. The first kappa shape index (κ1) is 19.9. The second-order valence-corrected chi connectivity index (χ2v) is 6.75. The largest absolute Gasteiger partial charge is 0.510 e. The Balaban J connectivity index is 1.74. The summed E-state index contributed by atoms with van der Waals surface area (Å²) in [7, 11) is 0. The van der Waals surface area contributed by atoms with Gasteiger partial charge in [-0.05, 0) is 38.8 Å². The lowest BCUT2D eigenvalue weighted by Gasteiger charge is -2.23. The highest BCUT2D eigenvalue weighted by Gasteiger charge is 2.43. The molecule has 8 nitrogen and oxygen atoms in total. The van der Waals surface area contributed by atoms with Crippen LogP contribution in [0.15, 0.2) is 39.9 Å². The number of allylic oxidation sites excluding steroid dienone is 2. The lowest BCUT2D eigenvalue weighted by molar-refractivity contribution is -0.120. The van der Waals surface area contributed by atoms with E-state index < -0.39 is 6.03 Å². The molecule has 0 aliphatic heterocycles. The molecular weight excluding hydrogens is 362 g/mol. The molecule has 28 heavy (non-hydrogen) atoms. The Morgan fingerprint density at radius 1 is 1.18 bits per heavy atom. The van der Waals surface area contributed by atoms with Crippen LogP contribution in [0.1, 0.15) is 39.5 Å². The Hall–Kier alpha value is -2.90. The van der Waals surface area contributed by atoms with Crippen molar-refractivity contribution in [1.29, 1.82) is 0 Å². The van der Waals surface area contributed by atoms with Crippen molar-refractivity contribution in [2.45, 2.75) is 39.5 Å². The van der Waals surface area contributed by atoms with E-state index in [0.717, 1.165) is 25.7 Å². The van der Waals surface area contributed by atoms with Crippen molar-refractivity contribution in [2.75, 3.05) is 18.5 Å². The first-order valence-electron chi connectivity index (χ1n) is 9.64. The molecule has 1 fully saturated rings. The number of Topliss-reactive ketones (excluding diaryl/α,β-unsaturated/α-hetero) is 1. The maximum atomic E-state index is 12.4. The highest BCUT2D eigenvalue weighted by atomic mass is 16.5. The minimum atomic E-state index is -0.766. The highest BCUT2D eigenvalue weighted by molar-refractivity contribution is 6.00. The van der Waals surface area contributed by atoms with Gasteiger partial charge in [0.15, 0.2) is 11.5 Å². The molecule has 2 aliphatic rings. The summed E-state index contributed by atoms with van der Waals surface area (Å²) >= 11 is 0. The van der Waals surface area contributed by atoms with E-state index in [-0.39, 0.29) is 29.1 Å². The number of azo groups is 1. The van der Waals surface area contributed by atoms with E-state index in [1.807, 2.05) is 13.8 Å². The number of nitrogens with one attached hydrogen (secondary N) is 1. The Morgan fingerprint density at radius 3 is 2.57 bits per heavy atom. The molecule has 0 radical (unpaired) electrons. The number of rotatable bonds is 6. The summed E-state index contributed by atoms with van der Waals surface area (Å²) < 4.78 is 10.9. The number of hydrogen-bond donors (Lipinski definition) is 2. The predicted molar refractivity (Wildman–Crippen MR) is 103 cm³/mol. The van der Waals surface area contributed by atoms with Crippen LogP contribution < -0.4 is 14.8 Å². The van der Waals surface area contributed by atoms with Gasteiger partial charge in [-0.1, -0.05) is 18.0 Å². The fourth-order valence-electron chi connectivity index (χ4n) is 3.73. The topological polar surface area (TPSA) is 110 Å². The average Bonchev–Trinajstić information content (AvgIpc) is 2.93. The minimum Gasteiger partial charge on any atom is -0.510 e. The van der Waals surface area contributed by atoms with Crippen molar-refractivity contribution in [2.24, 2.45) is 22.1 Å². The number of benzene rings is 1. The number of nitrogens with zero attached hydrogens (tertiary/aromatic N) is 2. The summed E-state index contributed by atoms with van der Waals surface area (Å²) in [4.78, 5) is 24.7. The van der Waals surface area contributed by atoms with Gasteiger partial charge in [-0.15, -0.1) is 5.11 Å². The Morgan fingerprint density at radius 2 is 1.89 bits per heavy atom. The number of aliphatic hydroxyl groups excluding tert-OH is 1. The van der Waals surface area contributed by atoms with Crippen LogP contribution in [0.2, 0.25) is 0 Å². The second kappa shape index (κ2) is 8.86. The summed E-state index contributed by atoms with van der Waals surface area (Å²) in [5.74, 6) is 0.351. The van der Waals surface area contributed by atoms with Crippen molar-refractivity contribution >= 4 is 17.5 Å². The van der Waals surface area contributed by atoms with Gasteiger partial charge < -0.3 is 19.9 Å². The van der Waals surface area contributed by atoms with Gasteiger partial charge in [0.2, 0.25) is 0 Å². The maximum absolute atomic E-state index is 12.4. The number of ketones is 1. The lowest BCUT2D eigenvalue weighted by Crippen LogP contribution is -2.21. The molecule has 0 bridgehead atoms. The fourth-order valence-corrected chi connectivity index (χ4v) is 3.73. The van der Waals surface area contributed by atoms with Crippen LogP contribution >= 0.6 is 0 Å². The lowest BCUT2D eigenvalue weighted by atomic mass is 9.80. The van der Waals surface area contributed by atoms with Gasteiger partial charge in [0.25, 0.3) is 0 Å². The van der Waals surface area contributed by atoms with E-state index in [0.29, 0.717) is 30.4 Å². The fraction of sp³-hybridized carbons (Fsp3) is 0.500. The number of carbonyl (C=O) groups is 2. The molecule has 0 heterocycles. The predicted octanol–water partition coefficient (Wildman–Crippen LogP) is 4.63. The van der Waals surface area contributed by atoms with Crippen LogP contribution in [0.25, 0.3) is 0 Å². The summed E-state index contributed by atoms with van der Waals surface area (Å²) in [6.45, 7) is 4.61. The van der Waals surface area contributed by atoms with Crippen molar-refractivity contribution in [1.82, 2.24) is 0 Å². The molecule has 2 aliphatic carbocycles. The normalized spacial score (nSPS) is 21.7. The van der Waals surface area contributed by atoms with Crippen molar-refractivity contribution in [3.05, 3.63) is 29.7 Å². The average molecular weight is 387 g/mol. The van der Waals surface area contributed by atoms with Crippen LogP contribution in [-0.2, 0) is 4.79 Å². The van der Waals surface area contributed by atoms with Crippen LogP contribution in [-0.4, -0.2) is 30.1 Å². The molecule has 1 saturated carbocycles. The number of amides is 2. The number of hydrogen-bond acceptors (Lipinski definition) is 6. The van der Waals surface area contributed by atoms with Gasteiger partial charge in [-0.2, -0.15) is 0 Å². The molecule has 150 valence electrons. The molecule has 2 amide bonds. The Bertz CT molecular complexity index is 818. The molecule has 2 unspecified atom stereocenters. The Labute approximate surface area is 163 Å². The summed E-state index contributed by atoms with van der Waals surface area (Å²) in [5.41, 5.74) is 0.293. The van der Waals surface area contributed by atoms with Crippen LogP contribution in [0.5, 0.6) is 11.5 Å². The van der Waals surface area contributed by atoms with Gasteiger partial charge in [-0.3, -0.25) is 4.79 Å². The van der Waals surface area contributed by atoms with E-state index in [4.69, 9.17) is 9.47 Å². The minimum absolute atomic E-state index is 0.0420. The van der Waals surface area contributed by atoms with Crippen molar-refractivity contribution in [3.8, 4) is 11.5 Å². The molecule has 1 aromatic rings. The molecule has 8 heteroatoms. The zero-order chi connectivity index (χ0) is 20.1. The van der Waals surface area contributed by atoms with Gasteiger partial charge in [-0.25, -0.2) is 4.79 Å². The molecule has 2 N–H and O–H groups in total. The third kappa shape index (κ3) is 4.16. The molecule has 0 spiro atoms.